The predicted molar refractivity (Wildman–Crippen MR) is 58.3 cm³/mol. The van der Waals surface area contributed by atoms with Crippen LogP contribution in [0.5, 0.6) is 0 Å². The van der Waals surface area contributed by atoms with Crippen molar-refractivity contribution in [2.24, 2.45) is 12.8 Å². The van der Waals surface area contributed by atoms with Gasteiger partial charge < -0.3 is 15.4 Å². The number of nitrogens with two attached hydrogens (primary N) is 1. The zero-order valence-corrected chi connectivity index (χ0v) is 9.46. The minimum atomic E-state index is -0.543. The molecule has 3 heteroatoms. The highest BCUT2D eigenvalue weighted by molar-refractivity contribution is 5.38. The number of aliphatic hydroxyl groups is 1. The quantitative estimate of drug-likeness (QED) is 0.763. The van der Waals surface area contributed by atoms with E-state index in [1.165, 1.54) is 16.8 Å². The number of nitrogens with zero attached hydrogens (tertiary/aromatic N) is 1. The van der Waals surface area contributed by atoms with Crippen molar-refractivity contribution < 1.29 is 5.11 Å². The normalized spacial score (nSPS) is 13.3. The van der Waals surface area contributed by atoms with Gasteiger partial charge in [-0.3, -0.25) is 0 Å². The van der Waals surface area contributed by atoms with Gasteiger partial charge in [0, 0.05) is 19.3 Å². The van der Waals surface area contributed by atoms with E-state index >= 15 is 0 Å². The summed E-state index contributed by atoms with van der Waals surface area (Å²) in [6.45, 7) is 6.55. The summed E-state index contributed by atoms with van der Waals surface area (Å²) in [5.41, 5.74) is 10.2. The average Bonchev–Trinajstić information content (AvgIpc) is 2.38. The SMILES string of the molecule is CCc1c(C)c(C(O)CN)n(C)c1C. The lowest BCUT2D eigenvalue weighted by molar-refractivity contribution is 0.177. The van der Waals surface area contributed by atoms with Crippen molar-refractivity contribution in [1.82, 2.24) is 4.57 Å². The van der Waals surface area contributed by atoms with Crippen LogP contribution in [0.1, 0.15) is 35.5 Å². The summed E-state index contributed by atoms with van der Waals surface area (Å²) in [5, 5.41) is 9.78. The van der Waals surface area contributed by atoms with Gasteiger partial charge >= 0.3 is 0 Å². The van der Waals surface area contributed by atoms with Crippen LogP contribution in [-0.2, 0) is 13.5 Å². The Bertz CT molecular complexity index is 329. The Hall–Kier alpha value is -0.800. The standard InChI is InChI=1S/C11H20N2O/c1-5-9-7(2)11(10(14)6-12)13(4)8(9)3/h10,14H,5-6,12H2,1-4H3. The molecular formula is C11H20N2O. The van der Waals surface area contributed by atoms with Crippen LogP contribution in [-0.4, -0.2) is 16.2 Å². The topological polar surface area (TPSA) is 51.2 Å². The molecule has 0 aromatic carbocycles. The molecule has 1 aromatic rings. The molecule has 0 aliphatic carbocycles. The van der Waals surface area contributed by atoms with Gasteiger partial charge in [0.25, 0.3) is 0 Å². The van der Waals surface area contributed by atoms with Crippen molar-refractivity contribution in [3.8, 4) is 0 Å². The highest BCUT2D eigenvalue weighted by Crippen LogP contribution is 2.25. The molecule has 0 bridgehead atoms. The molecule has 1 aromatic heterocycles. The van der Waals surface area contributed by atoms with E-state index in [0.717, 1.165) is 12.1 Å². The number of aliphatic hydroxyl groups excluding tert-OH is 1. The molecule has 80 valence electrons. The van der Waals surface area contributed by atoms with Crippen molar-refractivity contribution in [3.05, 3.63) is 22.5 Å². The van der Waals surface area contributed by atoms with E-state index in [4.69, 9.17) is 5.73 Å². The Morgan fingerprint density at radius 3 is 2.36 bits per heavy atom. The van der Waals surface area contributed by atoms with E-state index in [1.54, 1.807) is 0 Å². The van der Waals surface area contributed by atoms with E-state index in [1.807, 2.05) is 11.6 Å². The summed E-state index contributed by atoms with van der Waals surface area (Å²) < 4.78 is 2.05. The maximum atomic E-state index is 9.78. The van der Waals surface area contributed by atoms with Crippen LogP contribution >= 0.6 is 0 Å². The molecule has 3 nitrogen and oxygen atoms in total. The van der Waals surface area contributed by atoms with Gasteiger partial charge in [0.1, 0.15) is 6.10 Å². The van der Waals surface area contributed by atoms with Crippen LogP contribution in [0.3, 0.4) is 0 Å². The molecule has 14 heavy (non-hydrogen) atoms. The number of hydrogen-bond donors (Lipinski definition) is 2. The van der Waals surface area contributed by atoms with Crippen LogP contribution in [0.2, 0.25) is 0 Å². The molecule has 0 aliphatic heterocycles. The second kappa shape index (κ2) is 4.15. The lowest BCUT2D eigenvalue weighted by atomic mass is 10.1. The van der Waals surface area contributed by atoms with Crippen molar-refractivity contribution >= 4 is 0 Å². The smallest absolute Gasteiger partial charge is 0.106 e. The van der Waals surface area contributed by atoms with Gasteiger partial charge in [-0.05, 0) is 31.4 Å². The highest BCUT2D eigenvalue weighted by Gasteiger charge is 2.18. The third-order valence-electron chi connectivity index (χ3n) is 3.03. The maximum Gasteiger partial charge on any atom is 0.106 e. The monoisotopic (exact) mass is 196 g/mol. The Labute approximate surface area is 85.5 Å². The van der Waals surface area contributed by atoms with Gasteiger partial charge in [-0.15, -0.1) is 0 Å². The largest absolute Gasteiger partial charge is 0.386 e. The van der Waals surface area contributed by atoms with Gasteiger partial charge in [-0.2, -0.15) is 0 Å². The van der Waals surface area contributed by atoms with Gasteiger partial charge in [0.15, 0.2) is 0 Å². The van der Waals surface area contributed by atoms with Gasteiger partial charge in [0.2, 0.25) is 0 Å². The molecule has 1 unspecified atom stereocenters. The summed E-state index contributed by atoms with van der Waals surface area (Å²) in [4.78, 5) is 0. The van der Waals surface area contributed by atoms with Crippen LogP contribution in [0, 0.1) is 13.8 Å². The molecule has 0 spiro atoms. The fourth-order valence-electron chi connectivity index (χ4n) is 2.17. The van der Waals surface area contributed by atoms with Gasteiger partial charge in [-0.25, -0.2) is 0 Å². The number of rotatable bonds is 3. The fraction of sp³-hybridized carbons (Fsp3) is 0.636. The molecule has 3 N–H and O–H groups in total. The first-order valence-corrected chi connectivity index (χ1v) is 5.07. The van der Waals surface area contributed by atoms with Crippen molar-refractivity contribution in [2.75, 3.05) is 6.54 Å². The first-order chi connectivity index (χ1) is 6.54. The van der Waals surface area contributed by atoms with Crippen molar-refractivity contribution in [1.29, 1.82) is 0 Å². The minimum absolute atomic E-state index is 0.279. The zero-order chi connectivity index (χ0) is 10.9. The first-order valence-electron chi connectivity index (χ1n) is 5.07. The van der Waals surface area contributed by atoms with Crippen molar-refractivity contribution in [3.63, 3.8) is 0 Å². The lowest BCUT2D eigenvalue weighted by Crippen LogP contribution is -2.15. The first kappa shape index (κ1) is 11.3. The number of hydrogen-bond acceptors (Lipinski definition) is 2. The Balaban J connectivity index is 3.30. The Kier molecular flexibility index (Phi) is 3.34. The summed E-state index contributed by atoms with van der Waals surface area (Å²) in [6, 6.07) is 0. The third-order valence-corrected chi connectivity index (χ3v) is 3.03. The molecule has 0 saturated heterocycles. The summed E-state index contributed by atoms with van der Waals surface area (Å²) in [6.07, 6.45) is 0.460. The van der Waals surface area contributed by atoms with E-state index in [0.29, 0.717) is 0 Å². The molecule has 1 rings (SSSR count). The fourth-order valence-corrected chi connectivity index (χ4v) is 2.17. The zero-order valence-electron chi connectivity index (χ0n) is 9.46. The van der Waals surface area contributed by atoms with Gasteiger partial charge in [-0.1, -0.05) is 6.92 Å². The van der Waals surface area contributed by atoms with Crippen LogP contribution in [0.25, 0.3) is 0 Å². The summed E-state index contributed by atoms with van der Waals surface area (Å²) >= 11 is 0. The van der Waals surface area contributed by atoms with Gasteiger partial charge in [0.05, 0.1) is 5.69 Å². The molecule has 1 heterocycles. The molecule has 1 atom stereocenters. The third kappa shape index (κ3) is 1.57. The molecule has 0 amide bonds. The maximum absolute atomic E-state index is 9.78. The van der Waals surface area contributed by atoms with E-state index in [-0.39, 0.29) is 6.54 Å². The van der Waals surface area contributed by atoms with E-state index < -0.39 is 6.10 Å². The van der Waals surface area contributed by atoms with Crippen LogP contribution in [0.15, 0.2) is 0 Å². The average molecular weight is 196 g/mol. The van der Waals surface area contributed by atoms with Crippen LogP contribution in [0.4, 0.5) is 0 Å². The Morgan fingerprint density at radius 1 is 1.43 bits per heavy atom. The van der Waals surface area contributed by atoms with Crippen molar-refractivity contribution in [2.45, 2.75) is 33.3 Å². The summed E-state index contributed by atoms with van der Waals surface area (Å²) in [5.74, 6) is 0. The van der Waals surface area contributed by atoms with E-state index in [2.05, 4.69) is 20.8 Å². The summed E-state index contributed by atoms with van der Waals surface area (Å²) in [7, 11) is 1.98. The molecule has 0 radical (unpaired) electrons. The second-order valence-corrected chi connectivity index (χ2v) is 3.74. The molecular weight excluding hydrogens is 176 g/mol. The Morgan fingerprint density at radius 2 is 2.00 bits per heavy atom. The minimum Gasteiger partial charge on any atom is -0.386 e. The number of aromatic nitrogens is 1. The van der Waals surface area contributed by atoms with E-state index in [9.17, 15) is 5.11 Å². The molecule has 0 saturated carbocycles. The molecule has 0 aliphatic rings. The lowest BCUT2D eigenvalue weighted by Gasteiger charge is -2.11. The highest BCUT2D eigenvalue weighted by atomic mass is 16.3. The second-order valence-electron chi connectivity index (χ2n) is 3.74. The van der Waals surface area contributed by atoms with Crippen LogP contribution < -0.4 is 5.73 Å². The predicted octanol–water partition coefficient (Wildman–Crippen LogP) is 1.20. The molecule has 0 fully saturated rings.